The second kappa shape index (κ2) is 15.6. The summed E-state index contributed by atoms with van der Waals surface area (Å²) in [5.74, 6) is -2.32. The fourth-order valence-corrected chi connectivity index (χ4v) is 3.36. The van der Waals surface area contributed by atoms with Crippen LogP contribution in [0, 0.1) is 23.7 Å². The Morgan fingerprint density at radius 2 is 1.24 bits per heavy atom. The zero-order chi connectivity index (χ0) is 31.7. The van der Waals surface area contributed by atoms with Crippen molar-refractivity contribution in [3.8, 4) is 11.5 Å². The number of carboxylic acids is 1. The molecule has 3 N–H and O–H groups in total. The number of carbonyl (C=O) groups is 4. The van der Waals surface area contributed by atoms with E-state index >= 15 is 0 Å². The van der Waals surface area contributed by atoms with Gasteiger partial charge in [-0.2, -0.15) is 0 Å². The molecule has 4 unspecified atom stereocenters. The molecule has 0 radical (unpaired) electrons. The zero-order valence-electron chi connectivity index (χ0n) is 25.9. The first-order valence-electron chi connectivity index (χ1n) is 14.0. The number of aliphatic carboxylic acids is 1. The van der Waals surface area contributed by atoms with Crippen molar-refractivity contribution in [2.45, 2.75) is 106 Å². The molecule has 1 aromatic carbocycles. The molecule has 0 heterocycles. The Morgan fingerprint density at radius 1 is 0.756 bits per heavy atom. The molecule has 0 aromatic heterocycles. The van der Waals surface area contributed by atoms with Gasteiger partial charge >= 0.3 is 24.2 Å². The highest BCUT2D eigenvalue weighted by Gasteiger charge is 2.38. The number of hydrogen-bond acceptors (Lipinski definition) is 10. The van der Waals surface area contributed by atoms with Crippen molar-refractivity contribution in [3.63, 3.8) is 0 Å². The molecule has 0 spiro atoms. The molecule has 11 heteroatoms. The largest absolute Gasteiger partial charge is 0.514 e. The molecule has 5 atom stereocenters. The van der Waals surface area contributed by atoms with Crippen molar-refractivity contribution in [2.24, 2.45) is 29.4 Å². The van der Waals surface area contributed by atoms with E-state index in [0.29, 0.717) is 5.56 Å². The van der Waals surface area contributed by atoms with Gasteiger partial charge in [0, 0.05) is 12.8 Å². The molecule has 41 heavy (non-hydrogen) atoms. The summed E-state index contributed by atoms with van der Waals surface area (Å²) in [6, 6.07) is 4.19. The van der Waals surface area contributed by atoms with Crippen LogP contribution in [0.25, 0.3) is 0 Å². The van der Waals surface area contributed by atoms with Gasteiger partial charge in [-0.1, -0.05) is 54.5 Å². The molecule has 11 nitrogen and oxygen atoms in total. The monoisotopic (exact) mass is 581 g/mol. The van der Waals surface area contributed by atoms with Crippen molar-refractivity contribution in [3.05, 3.63) is 23.8 Å². The van der Waals surface area contributed by atoms with E-state index in [1.807, 2.05) is 41.5 Å². The summed E-state index contributed by atoms with van der Waals surface area (Å²) in [5, 5.41) is 9.99. The van der Waals surface area contributed by atoms with Crippen molar-refractivity contribution >= 4 is 24.2 Å². The van der Waals surface area contributed by atoms with E-state index in [2.05, 4.69) is 0 Å². The van der Waals surface area contributed by atoms with Crippen LogP contribution in [-0.4, -0.2) is 53.2 Å². The highest BCUT2D eigenvalue weighted by Crippen LogP contribution is 2.32. The van der Waals surface area contributed by atoms with Gasteiger partial charge in [0.15, 0.2) is 11.5 Å². The SMILES string of the molecule is CC(C)C(C)OC(=O)Oc1ccc(CC(N)(C[C@H](C)OC(=O)C(C)C(C)C)C(=O)O)cc1OC(=O)OC(C)C(C)C. The van der Waals surface area contributed by atoms with Gasteiger partial charge in [0.1, 0.15) is 23.9 Å². The van der Waals surface area contributed by atoms with Crippen molar-refractivity contribution in [2.75, 3.05) is 0 Å². The van der Waals surface area contributed by atoms with Gasteiger partial charge in [0.2, 0.25) is 0 Å². The molecular weight excluding hydrogens is 534 g/mol. The standard InChI is InChI=1S/C30H47NO10/c1-16(2)20(8)26(32)37-19(7)14-30(31,27(33)34)15-23-11-12-24(40-28(35)38-21(9)17(3)4)25(13-23)41-29(36)39-22(10)18(5)6/h11-13,16-22H,14-15,31H2,1-10H3,(H,33,34)/t19-,20?,21?,22?,30?/m0/s1. The van der Waals surface area contributed by atoms with Crippen molar-refractivity contribution in [1.29, 1.82) is 0 Å². The molecule has 0 saturated carbocycles. The lowest BCUT2D eigenvalue weighted by atomic mass is 9.86. The predicted molar refractivity (Wildman–Crippen MR) is 152 cm³/mol. The van der Waals surface area contributed by atoms with Gasteiger partial charge in [0.25, 0.3) is 0 Å². The first-order chi connectivity index (χ1) is 18.9. The fraction of sp³-hybridized carbons (Fsp3) is 0.667. The number of carbonyl (C=O) groups excluding carboxylic acids is 3. The molecule has 1 rings (SSSR count). The molecule has 1 aromatic rings. The maximum Gasteiger partial charge on any atom is 0.514 e. The van der Waals surface area contributed by atoms with Crippen molar-refractivity contribution in [1.82, 2.24) is 0 Å². The summed E-state index contributed by atoms with van der Waals surface area (Å²) in [6.07, 6.45) is -4.11. The second-order valence-corrected chi connectivity index (χ2v) is 11.7. The van der Waals surface area contributed by atoms with E-state index in [-0.39, 0.29) is 48.0 Å². The number of carboxylic acid groups (broad SMARTS) is 1. The van der Waals surface area contributed by atoms with E-state index in [0.717, 1.165) is 0 Å². The molecule has 0 aliphatic heterocycles. The molecular formula is C30H47NO10. The Bertz CT molecular complexity index is 1050. The minimum absolute atomic E-state index is 0.0187. The van der Waals surface area contributed by atoms with E-state index in [4.69, 9.17) is 29.4 Å². The lowest BCUT2D eigenvalue weighted by Crippen LogP contribution is -2.52. The van der Waals surface area contributed by atoms with Gasteiger partial charge in [-0.05, 0) is 56.2 Å². The van der Waals surface area contributed by atoms with E-state index in [9.17, 15) is 24.3 Å². The van der Waals surface area contributed by atoms with Crippen LogP contribution in [0.15, 0.2) is 18.2 Å². The lowest BCUT2D eigenvalue weighted by Gasteiger charge is -2.29. The van der Waals surface area contributed by atoms with E-state index < -0.39 is 48.1 Å². The number of ether oxygens (including phenoxy) is 5. The van der Waals surface area contributed by atoms with E-state index in [1.165, 1.54) is 18.2 Å². The maximum atomic E-state index is 12.5. The average molecular weight is 582 g/mol. The van der Waals surface area contributed by atoms with Gasteiger partial charge in [-0.3, -0.25) is 9.59 Å². The van der Waals surface area contributed by atoms with Crippen LogP contribution in [0.1, 0.15) is 81.2 Å². The maximum absolute atomic E-state index is 12.5. The normalized spacial score (nSPS) is 15.9. The van der Waals surface area contributed by atoms with Crippen LogP contribution >= 0.6 is 0 Å². The van der Waals surface area contributed by atoms with Crippen LogP contribution in [0.4, 0.5) is 9.59 Å². The Kier molecular flexibility index (Phi) is 13.6. The Labute approximate surface area is 243 Å². The first-order valence-corrected chi connectivity index (χ1v) is 14.0. The average Bonchev–Trinajstić information content (AvgIpc) is 2.84. The van der Waals surface area contributed by atoms with Gasteiger partial charge in [-0.25, -0.2) is 9.59 Å². The highest BCUT2D eigenvalue weighted by molar-refractivity contribution is 5.79. The van der Waals surface area contributed by atoms with E-state index in [1.54, 1.807) is 27.7 Å². The Morgan fingerprint density at radius 3 is 1.68 bits per heavy atom. The molecule has 0 amide bonds. The molecule has 0 aliphatic rings. The fourth-order valence-electron chi connectivity index (χ4n) is 3.36. The molecule has 0 fully saturated rings. The Hall–Kier alpha value is -3.34. The molecule has 232 valence electrons. The number of benzene rings is 1. The highest BCUT2D eigenvalue weighted by atomic mass is 16.7. The van der Waals surface area contributed by atoms with Crippen LogP contribution in [-0.2, 0) is 30.2 Å². The number of rotatable bonds is 14. The number of hydrogen-bond donors (Lipinski definition) is 2. The third-order valence-corrected chi connectivity index (χ3v) is 7.12. The Balaban J connectivity index is 3.26. The minimum Gasteiger partial charge on any atom is -0.480 e. The summed E-state index contributed by atoms with van der Waals surface area (Å²) in [6.45, 7) is 18.0. The molecule has 0 saturated heterocycles. The zero-order valence-corrected chi connectivity index (χ0v) is 25.9. The second-order valence-electron chi connectivity index (χ2n) is 11.7. The molecule has 0 aliphatic carbocycles. The third-order valence-electron chi connectivity index (χ3n) is 7.12. The van der Waals surface area contributed by atoms with Gasteiger partial charge < -0.3 is 34.5 Å². The van der Waals surface area contributed by atoms with Crippen LogP contribution in [0.2, 0.25) is 0 Å². The summed E-state index contributed by atoms with van der Waals surface area (Å²) in [4.78, 5) is 49.5. The number of nitrogens with two attached hydrogens (primary N) is 1. The predicted octanol–water partition coefficient (Wildman–Crippen LogP) is 5.74. The van der Waals surface area contributed by atoms with Crippen molar-refractivity contribution < 1.29 is 48.0 Å². The van der Waals surface area contributed by atoms with Crippen LogP contribution in [0.5, 0.6) is 11.5 Å². The minimum atomic E-state index is -1.83. The first kappa shape index (κ1) is 35.7. The summed E-state index contributed by atoms with van der Waals surface area (Å²) < 4.78 is 26.7. The summed E-state index contributed by atoms with van der Waals surface area (Å²) >= 11 is 0. The topological polar surface area (TPSA) is 161 Å². The van der Waals surface area contributed by atoms with Gasteiger partial charge in [-0.15, -0.1) is 0 Å². The smallest absolute Gasteiger partial charge is 0.480 e. The van der Waals surface area contributed by atoms with Gasteiger partial charge in [0.05, 0.1) is 5.92 Å². The van der Waals surface area contributed by atoms with Crippen LogP contribution in [0.3, 0.4) is 0 Å². The number of esters is 1. The summed E-state index contributed by atoms with van der Waals surface area (Å²) in [7, 11) is 0. The summed E-state index contributed by atoms with van der Waals surface area (Å²) in [5.41, 5.74) is 4.84. The lowest BCUT2D eigenvalue weighted by molar-refractivity contribution is -0.157. The molecule has 0 bridgehead atoms. The third kappa shape index (κ3) is 11.6. The quantitative estimate of drug-likeness (QED) is 0.156. The van der Waals surface area contributed by atoms with Crippen LogP contribution < -0.4 is 15.2 Å².